The summed E-state index contributed by atoms with van der Waals surface area (Å²) in [6.45, 7) is 2.13. The molecule has 1 atom stereocenters. The quantitative estimate of drug-likeness (QED) is 0.837. The zero-order chi connectivity index (χ0) is 16.9. The van der Waals surface area contributed by atoms with Gasteiger partial charge in [-0.15, -0.1) is 11.3 Å². The van der Waals surface area contributed by atoms with E-state index in [0.717, 1.165) is 23.3 Å². The molecular weight excluding hydrogens is 320 g/mol. The SMILES string of the molecule is CC(=O)NC(CC(=O)N(Cc1ccccc1)C1CC1)c1cccs1. The molecule has 126 valence electrons. The Bertz CT molecular complexity index is 681. The van der Waals surface area contributed by atoms with E-state index in [0.29, 0.717) is 19.0 Å². The Labute approximate surface area is 146 Å². The second-order valence-corrected chi connectivity index (χ2v) is 7.19. The van der Waals surface area contributed by atoms with Crippen molar-refractivity contribution in [2.24, 2.45) is 0 Å². The van der Waals surface area contributed by atoms with E-state index in [-0.39, 0.29) is 17.9 Å². The first kappa shape index (κ1) is 16.7. The summed E-state index contributed by atoms with van der Waals surface area (Å²) in [5, 5.41) is 4.88. The lowest BCUT2D eigenvalue weighted by atomic mass is 10.1. The van der Waals surface area contributed by atoms with Gasteiger partial charge in [0.05, 0.1) is 12.5 Å². The molecule has 0 bridgehead atoms. The summed E-state index contributed by atoms with van der Waals surface area (Å²) in [5.41, 5.74) is 1.14. The van der Waals surface area contributed by atoms with Crippen molar-refractivity contribution in [2.45, 2.75) is 44.8 Å². The van der Waals surface area contributed by atoms with Crippen molar-refractivity contribution < 1.29 is 9.59 Å². The Hall–Kier alpha value is -2.14. The van der Waals surface area contributed by atoms with Crippen molar-refractivity contribution in [3.05, 3.63) is 58.3 Å². The number of nitrogens with one attached hydrogen (secondary N) is 1. The molecule has 3 rings (SSSR count). The van der Waals surface area contributed by atoms with E-state index in [9.17, 15) is 9.59 Å². The average molecular weight is 342 g/mol. The third-order valence-corrected chi connectivity index (χ3v) is 5.13. The fourth-order valence-electron chi connectivity index (χ4n) is 2.84. The number of hydrogen-bond acceptors (Lipinski definition) is 3. The van der Waals surface area contributed by atoms with Gasteiger partial charge in [0.15, 0.2) is 0 Å². The van der Waals surface area contributed by atoms with Crippen molar-refractivity contribution >= 4 is 23.2 Å². The minimum atomic E-state index is -0.243. The molecule has 2 aromatic rings. The smallest absolute Gasteiger partial charge is 0.225 e. The third kappa shape index (κ3) is 4.45. The molecule has 0 spiro atoms. The van der Waals surface area contributed by atoms with Crippen molar-refractivity contribution in [2.75, 3.05) is 0 Å². The summed E-state index contributed by atoms with van der Waals surface area (Å²) in [4.78, 5) is 27.4. The zero-order valence-electron chi connectivity index (χ0n) is 13.8. The maximum atomic E-state index is 12.9. The fraction of sp³-hybridized carbons (Fsp3) is 0.368. The van der Waals surface area contributed by atoms with Gasteiger partial charge in [0.1, 0.15) is 0 Å². The monoisotopic (exact) mass is 342 g/mol. The maximum absolute atomic E-state index is 12.9. The molecule has 0 aliphatic heterocycles. The highest BCUT2D eigenvalue weighted by molar-refractivity contribution is 7.10. The number of rotatable bonds is 7. The van der Waals surface area contributed by atoms with Gasteiger partial charge in [-0.2, -0.15) is 0 Å². The molecule has 2 amide bonds. The summed E-state index contributed by atoms with van der Waals surface area (Å²) in [6.07, 6.45) is 2.45. The van der Waals surface area contributed by atoms with Crippen molar-refractivity contribution in [3.8, 4) is 0 Å². The molecule has 0 saturated heterocycles. The molecule has 4 nitrogen and oxygen atoms in total. The minimum Gasteiger partial charge on any atom is -0.348 e. The predicted octanol–water partition coefficient (Wildman–Crippen LogP) is 3.51. The average Bonchev–Trinajstić information content (AvgIpc) is 3.25. The van der Waals surface area contributed by atoms with Crippen LogP contribution in [0.4, 0.5) is 0 Å². The molecule has 1 aromatic carbocycles. The van der Waals surface area contributed by atoms with E-state index < -0.39 is 0 Å². The zero-order valence-corrected chi connectivity index (χ0v) is 14.6. The molecule has 1 aliphatic carbocycles. The van der Waals surface area contributed by atoms with Crippen LogP contribution in [0.2, 0.25) is 0 Å². The van der Waals surface area contributed by atoms with Crippen LogP contribution in [0.1, 0.15) is 42.7 Å². The van der Waals surface area contributed by atoms with E-state index in [4.69, 9.17) is 0 Å². The minimum absolute atomic E-state index is 0.105. The van der Waals surface area contributed by atoms with Gasteiger partial charge >= 0.3 is 0 Å². The van der Waals surface area contributed by atoms with Crippen LogP contribution >= 0.6 is 11.3 Å². The van der Waals surface area contributed by atoms with E-state index in [1.54, 1.807) is 11.3 Å². The van der Waals surface area contributed by atoms with Gasteiger partial charge in [0.2, 0.25) is 11.8 Å². The second-order valence-electron chi connectivity index (χ2n) is 6.21. The Morgan fingerprint density at radius 2 is 1.96 bits per heavy atom. The molecule has 1 N–H and O–H groups in total. The van der Waals surface area contributed by atoms with Crippen molar-refractivity contribution in [1.29, 1.82) is 0 Å². The third-order valence-electron chi connectivity index (χ3n) is 4.15. The van der Waals surface area contributed by atoms with Crippen LogP contribution in [0, 0.1) is 0 Å². The standard InChI is InChI=1S/C19H22N2O2S/c1-14(22)20-17(18-8-5-11-24-18)12-19(23)21(16-9-10-16)13-15-6-3-2-4-7-15/h2-8,11,16-17H,9-10,12-13H2,1H3,(H,20,22). The molecule has 1 aromatic heterocycles. The molecular formula is C19H22N2O2S. The van der Waals surface area contributed by atoms with Crippen molar-refractivity contribution in [3.63, 3.8) is 0 Å². The number of carbonyl (C=O) groups is 2. The van der Waals surface area contributed by atoms with Crippen LogP contribution in [0.5, 0.6) is 0 Å². The van der Waals surface area contributed by atoms with Crippen LogP contribution < -0.4 is 5.32 Å². The second kappa shape index (κ2) is 7.62. The first-order valence-electron chi connectivity index (χ1n) is 8.27. The lowest BCUT2D eigenvalue weighted by molar-refractivity contribution is -0.133. The summed E-state index contributed by atoms with van der Waals surface area (Å²) in [6, 6.07) is 14.1. The molecule has 1 aliphatic rings. The molecule has 24 heavy (non-hydrogen) atoms. The largest absolute Gasteiger partial charge is 0.348 e. The van der Waals surface area contributed by atoms with Crippen LogP contribution in [0.3, 0.4) is 0 Å². The lowest BCUT2D eigenvalue weighted by Crippen LogP contribution is -2.36. The number of thiophene rings is 1. The molecule has 1 unspecified atom stereocenters. The predicted molar refractivity (Wildman–Crippen MR) is 95.5 cm³/mol. The Balaban J connectivity index is 1.70. The highest BCUT2D eigenvalue weighted by atomic mass is 32.1. The number of carbonyl (C=O) groups excluding carboxylic acids is 2. The molecule has 1 saturated carbocycles. The molecule has 1 fully saturated rings. The maximum Gasteiger partial charge on any atom is 0.225 e. The number of amides is 2. The normalized spacial score (nSPS) is 14.9. The number of benzene rings is 1. The molecule has 5 heteroatoms. The lowest BCUT2D eigenvalue weighted by Gasteiger charge is -2.25. The van der Waals surface area contributed by atoms with E-state index in [2.05, 4.69) is 5.32 Å². The highest BCUT2D eigenvalue weighted by Crippen LogP contribution is 2.31. The summed E-state index contributed by atoms with van der Waals surface area (Å²) in [5.74, 6) is -0.00395. The van der Waals surface area contributed by atoms with Gasteiger partial charge in [0, 0.05) is 24.4 Å². The van der Waals surface area contributed by atoms with Gasteiger partial charge in [-0.3, -0.25) is 9.59 Å². The Morgan fingerprint density at radius 1 is 1.21 bits per heavy atom. The van der Waals surface area contributed by atoms with Gasteiger partial charge in [-0.25, -0.2) is 0 Å². The van der Waals surface area contributed by atoms with Crippen LogP contribution in [-0.2, 0) is 16.1 Å². The van der Waals surface area contributed by atoms with Crippen LogP contribution in [0.25, 0.3) is 0 Å². The topological polar surface area (TPSA) is 49.4 Å². The summed E-state index contributed by atoms with van der Waals surface area (Å²) in [7, 11) is 0. The fourth-order valence-corrected chi connectivity index (χ4v) is 3.61. The van der Waals surface area contributed by atoms with Gasteiger partial charge < -0.3 is 10.2 Å². The van der Waals surface area contributed by atoms with E-state index >= 15 is 0 Å². The van der Waals surface area contributed by atoms with Gasteiger partial charge in [0.25, 0.3) is 0 Å². The van der Waals surface area contributed by atoms with Crippen molar-refractivity contribution in [1.82, 2.24) is 10.2 Å². The highest BCUT2D eigenvalue weighted by Gasteiger charge is 2.33. The van der Waals surface area contributed by atoms with Gasteiger partial charge in [-0.05, 0) is 29.9 Å². The first-order chi connectivity index (χ1) is 11.6. The van der Waals surface area contributed by atoms with E-state index in [1.165, 1.54) is 6.92 Å². The van der Waals surface area contributed by atoms with Gasteiger partial charge in [-0.1, -0.05) is 36.4 Å². The Kier molecular flexibility index (Phi) is 5.30. The number of nitrogens with zero attached hydrogens (tertiary/aromatic N) is 1. The van der Waals surface area contributed by atoms with Crippen LogP contribution in [0.15, 0.2) is 47.8 Å². The first-order valence-corrected chi connectivity index (χ1v) is 9.15. The van der Waals surface area contributed by atoms with Crippen LogP contribution in [-0.4, -0.2) is 22.8 Å². The molecule has 1 heterocycles. The summed E-state index contributed by atoms with van der Waals surface area (Å²) < 4.78 is 0. The number of hydrogen-bond donors (Lipinski definition) is 1. The Morgan fingerprint density at radius 3 is 2.54 bits per heavy atom. The molecule has 0 radical (unpaired) electrons. The summed E-state index contributed by atoms with van der Waals surface area (Å²) >= 11 is 1.57. The van der Waals surface area contributed by atoms with E-state index in [1.807, 2.05) is 52.7 Å².